The van der Waals surface area contributed by atoms with Crippen molar-refractivity contribution in [2.45, 2.75) is 18.4 Å². The predicted molar refractivity (Wildman–Crippen MR) is 56.8 cm³/mol. The fraction of sp³-hybridized carbons (Fsp3) is 0.400. The number of benzene rings is 1. The van der Waals surface area contributed by atoms with Crippen molar-refractivity contribution < 1.29 is 21.9 Å². The molecule has 0 bridgehead atoms. The van der Waals surface area contributed by atoms with Crippen LogP contribution in [0.1, 0.15) is 5.56 Å². The van der Waals surface area contributed by atoms with Crippen LogP contribution in [0.3, 0.4) is 0 Å². The average molecular weight is 251 g/mol. The van der Waals surface area contributed by atoms with E-state index in [-0.39, 0.29) is 13.2 Å². The molecule has 90 valence electrons. The second kappa shape index (κ2) is 6.67. The number of hydrogen-bond acceptors (Lipinski definition) is 3. The highest BCUT2D eigenvalue weighted by Crippen LogP contribution is 2.09. The second-order valence-electron chi connectivity index (χ2n) is 3.06. The Bertz CT molecular complexity index is 340. The number of thiol groups is 1. The van der Waals surface area contributed by atoms with Crippen LogP contribution in [0.2, 0.25) is 0 Å². The third-order valence-electron chi connectivity index (χ3n) is 1.78. The van der Waals surface area contributed by atoms with Crippen LogP contribution in [0.5, 0.6) is 0 Å². The fourth-order valence-corrected chi connectivity index (χ4v) is 1.78. The molecule has 6 heteroatoms. The summed E-state index contributed by atoms with van der Waals surface area (Å²) in [6, 6.07) is 6.98. The highest BCUT2D eigenvalue weighted by atomic mass is 32.2. The summed E-state index contributed by atoms with van der Waals surface area (Å²) in [7, 11) is 0. The quantitative estimate of drug-likeness (QED) is 0.442. The van der Waals surface area contributed by atoms with Crippen molar-refractivity contribution in [2.24, 2.45) is 0 Å². The molecule has 0 aliphatic rings. The SMILES string of the molecule is Cc1ccc([SH+](=O)OCCOC(F)F)cc1. The van der Waals surface area contributed by atoms with Gasteiger partial charge in [0.25, 0.3) is 0 Å². The van der Waals surface area contributed by atoms with Gasteiger partial charge in [0.1, 0.15) is 6.61 Å². The second-order valence-corrected chi connectivity index (χ2v) is 4.35. The predicted octanol–water partition coefficient (Wildman–Crippen LogP) is 2.22. The normalized spacial score (nSPS) is 13.0. The van der Waals surface area contributed by atoms with E-state index in [1.165, 1.54) is 0 Å². The first-order chi connectivity index (χ1) is 7.59. The maximum absolute atomic E-state index is 11.6. The van der Waals surface area contributed by atoms with E-state index in [0.29, 0.717) is 4.90 Å². The van der Waals surface area contributed by atoms with Gasteiger partial charge in [0.15, 0.2) is 4.90 Å². The van der Waals surface area contributed by atoms with E-state index in [0.717, 1.165) is 5.56 Å². The molecule has 3 nitrogen and oxygen atoms in total. The summed E-state index contributed by atoms with van der Waals surface area (Å²) in [6.07, 6.45) is 0. The van der Waals surface area contributed by atoms with Gasteiger partial charge in [0.2, 0.25) is 11.1 Å². The first kappa shape index (κ1) is 13.2. The maximum Gasteiger partial charge on any atom is 0.345 e. The van der Waals surface area contributed by atoms with Gasteiger partial charge >= 0.3 is 6.61 Å². The number of aryl methyl sites for hydroxylation is 1. The lowest BCUT2D eigenvalue weighted by atomic mass is 10.2. The van der Waals surface area contributed by atoms with Crippen LogP contribution in [0, 0.1) is 6.92 Å². The number of alkyl halides is 2. The van der Waals surface area contributed by atoms with E-state index in [1.807, 2.05) is 19.1 Å². The zero-order valence-corrected chi connectivity index (χ0v) is 9.62. The van der Waals surface area contributed by atoms with Crippen LogP contribution >= 0.6 is 0 Å². The molecular formula is C10H13F2O3S+. The fourth-order valence-electron chi connectivity index (χ4n) is 0.998. The molecule has 0 spiro atoms. The van der Waals surface area contributed by atoms with Crippen LogP contribution in [0.25, 0.3) is 0 Å². The van der Waals surface area contributed by atoms with Crippen molar-refractivity contribution >= 4 is 11.1 Å². The van der Waals surface area contributed by atoms with Gasteiger partial charge in [-0.3, -0.25) is 0 Å². The molecular weight excluding hydrogens is 238 g/mol. The number of halogens is 2. The third-order valence-corrected chi connectivity index (χ3v) is 2.92. The molecule has 0 aliphatic heterocycles. The summed E-state index contributed by atoms with van der Waals surface area (Å²) in [6.45, 7) is -1.30. The Labute approximate surface area is 95.0 Å². The molecule has 16 heavy (non-hydrogen) atoms. The first-order valence-electron chi connectivity index (χ1n) is 4.66. The minimum absolute atomic E-state index is 0.118. The van der Waals surface area contributed by atoms with Crippen LogP contribution < -0.4 is 0 Å². The van der Waals surface area contributed by atoms with Crippen LogP contribution in [-0.4, -0.2) is 19.8 Å². The Balaban J connectivity index is 2.32. The smallest absolute Gasteiger partial charge is 0.320 e. The minimum Gasteiger partial charge on any atom is -0.320 e. The maximum atomic E-state index is 11.6. The van der Waals surface area contributed by atoms with E-state index in [2.05, 4.69) is 4.74 Å². The van der Waals surface area contributed by atoms with E-state index >= 15 is 0 Å². The van der Waals surface area contributed by atoms with Gasteiger partial charge in [-0.2, -0.15) is 13.0 Å². The van der Waals surface area contributed by atoms with Gasteiger partial charge < -0.3 is 4.74 Å². The summed E-state index contributed by atoms with van der Waals surface area (Å²) in [5, 5.41) is 0. The first-order valence-corrected chi connectivity index (χ1v) is 5.84. The Morgan fingerprint density at radius 3 is 2.44 bits per heavy atom. The minimum atomic E-state index is -2.82. The summed E-state index contributed by atoms with van der Waals surface area (Å²) >= 11 is -1.99. The number of ether oxygens (including phenoxy) is 1. The molecule has 0 aliphatic carbocycles. The van der Waals surface area contributed by atoms with Gasteiger partial charge in [0.05, 0.1) is 6.61 Å². The zero-order chi connectivity index (χ0) is 12.0. The average Bonchev–Trinajstić information content (AvgIpc) is 2.25. The summed E-state index contributed by atoms with van der Waals surface area (Å²) in [5.74, 6) is 0. The Morgan fingerprint density at radius 1 is 1.25 bits per heavy atom. The Morgan fingerprint density at radius 2 is 1.88 bits per heavy atom. The van der Waals surface area contributed by atoms with Gasteiger partial charge in [-0.1, -0.05) is 21.9 Å². The van der Waals surface area contributed by atoms with Gasteiger partial charge in [-0.15, -0.1) is 0 Å². The van der Waals surface area contributed by atoms with Crippen molar-refractivity contribution in [3.63, 3.8) is 0 Å². The topological polar surface area (TPSA) is 35.5 Å². The summed E-state index contributed by atoms with van der Waals surface area (Å²) < 4.78 is 43.5. The van der Waals surface area contributed by atoms with Crippen molar-refractivity contribution in [1.82, 2.24) is 0 Å². The van der Waals surface area contributed by atoms with Gasteiger partial charge in [-0.25, -0.2) is 0 Å². The van der Waals surface area contributed by atoms with E-state index < -0.39 is 17.7 Å². The van der Waals surface area contributed by atoms with E-state index in [1.54, 1.807) is 12.1 Å². The molecule has 1 unspecified atom stereocenters. The van der Waals surface area contributed by atoms with Crippen LogP contribution in [0.4, 0.5) is 8.78 Å². The van der Waals surface area contributed by atoms with E-state index in [4.69, 9.17) is 4.18 Å². The molecule has 0 N–H and O–H groups in total. The van der Waals surface area contributed by atoms with Gasteiger partial charge in [-0.05, 0) is 19.1 Å². The monoisotopic (exact) mass is 251 g/mol. The lowest BCUT2D eigenvalue weighted by molar-refractivity contribution is -0.133. The standard InChI is InChI=1S/C10H12F2O3S/c1-8-2-4-9(5-3-8)16(13)15-7-6-14-10(11)12/h2-5,10H,6-7H2,1H3/p+1. The Hall–Kier alpha value is -0.850. The molecule has 0 saturated heterocycles. The Kier molecular flexibility index (Phi) is 5.51. The van der Waals surface area contributed by atoms with Crippen molar-refractivity contribution in [1.29, 1.82) is 0 Å². The highest BCUT2D eigenvalue weighted by Gasteiger charge is 2.11. The summed E-state index contributed by atoms with van der Waals surface area (Å²) in [4.78, 5) is 0.539. The van der Waals surface area contributed by atoms with Gasteiger partial charge in [0, 0.05) is 0 Å². The van der Waals surface area contributed by atoms with Crippen molar-refractivity contribution in [2.75, 3.05) is 13.2 Å². The molecule has 1 rings (SSSR count). The van der Waals surface area contributed by atoms with Crippen molar-refractivity contribution in [3.8, 4) is 0 Å². The lowest BCUT2D eigenvalue weighted by Crippen LogP contribution is -2.09. The molecule has 1 aromatic carbocycles. The molecule has 0 radical (unpaired) electrons. The molecule has 0 fully saturated rings. The summed E-state index contributed by atoms with van der Waals surface area (Å²) in [5.41, 5.74) is 1.05. The zero-order valence-electron chi connectivity index (χ0n) is 8.73. The van der Waals surface area contributed by atoms with Crippen LogP contribution in [0.15, 0.2) is 29.2 Å². The largest absolute Gasteiger partial charge is 0.345 e. The lowest BCUT2D eigenvalue weighted by Gasteiger charge is -2.00. The third kappa shape index (κ3) is 4.78. The molecule has 0 saturated carbocycles. The molecule has 0 heterocycles. The molecule has 1 atom stereocenters. The number of hydrogen-bond donors (Lipinski definition) is 0. The number of rotatable bonds is 6. The van der Waals surface area contributed by atoms with Crippen molar-refractivity contribution in [3.05, 3.63) is 29.8 Å². The van der Waals surface area contributed by atoms with E-state index in [9.17, 15) is 13.0 Å². The molecule has 0 amide bonds. The molecule has 1 aromatic rings. The highest BCUT2D eigenvalue weighted by molar-refractivity contribution is 7.80. The molecule has 0 aromatic heterocycles. The van der Waals surface area contributed by atoms with Crippen LogP contribution in [-0.2, 0) is 24.2 Å².